The average molecular weight is 131 g/mol. The molecule has 0 amide bonds. The summed E-state index contributed by atoms with van der Waals surface area (Å²) < 4.78 is 7.46. The van der Waals surface area contributed by atoms with Gasteiger partial charge in [-0.1, -0.05) is 0 Å². The molecule has 0 saturated heterocycles. The van der Waals surface area contributed by atoms with E-state index >= 15 is 0 Å². The van der Waals surface area contributed by atoms with Crippen molar-refractivity contribution in [3.8, 4) is 0 Å². The van der Waals surface area contributed by atoms with Gasteiger partial charge in [0.05, 0.1) is 12.4 Å². The van der Waals surface area contributed by atoms with Gasteiger partial charge in [0.1, 0.15) is 0 Å². The smallest absolute Gasteiger partial charge is 0.0886 e. The van der Waals surface area contributed by atoms with E-state index in [0.29, 0.717) is 11.6 Å². The zero-order valence-electron chi connectivity index (χ0n) is 6.28. The summed E-state index contributed by atoms with van der Waals surface area (Å²) in [6.07, 6.45) is 3.29. The number of fused-ring (bicyclic) bond motifs is 1. The SMILES string of the molecule is [2H]c1ccnc2cccnc12. The van der Waals surface area contributed by atoms with E-state index in [-0.39, 0.29) is 0 Å². The molecule has 2 rings (SSSR count). The summed E-state index contributed by atoms with van der Waals surface area (Å²) >= 11 is 0. The Morgan fingerprint density at radius 2 is 1.90 bits per heavy atom. The van der Waals surface area contributed by atoms with Crippen molar-refractivity contribution in [1.82, 2.24) is 9.97 Å². The lowest BCUT2D eigenvalue weighted by Gasteiger charge is -1.90. The molecule has 0 aliphatic heterocycles. The molecule has 0 atom stereocenters. The Balaban J connectivity index is 2.91. The van der Waals surface area contributed by atoms with Crippen LogP contribution in [0, 0.1) is 0 Å². The summed E-state index contributed by atoms with van der Waals surface area (Å²) in [5, 5.41) is 0. The second-order valence-electron chi connectivity index (χ2n) is 1.96. The number of pyridine rings is 2. The highest BCUT2D eigenvalue weighted by molar-refractivity contribution is 5.72. The highest BCUT2D eigenvalue weighted by Gasteiger charge is 1.88. The monoisotopic (exact) mass is 131 g/mol. The van der Waals surface area contributed by atoms with Crippen LogP contribution in [-0.2, 0) is 0 Å². The Kier molecular flexibility index (Phi) is 0.905. The first-order valence-electron chi connectivity index (χ1n) is 3.54. The number of hydrogen-bond acceptors (Lipinski definition) is 2. The maximum Gasteiger partial charge on any atom is 0.0886 e. The first-order chi connectivity index (χ1) is 5.38. The second-order valence-corrected chi connectivity index (χ2v) is 1.96. The number of aromatic nitrogens is 2. The van der Waals surface area contributed by atoms with Gasteiger partial charge in [0.2, 0.25) is 0 Å². The third-order valence-electron chi connectivity index (χ3n) is 1.29. The molecule has 10 heavy (non-hydrogen) atoms. The zero-order chi connectivity index (χ0) is 7.68. The van der Waals surface area contributed by atoms with Crippen LogP contribution in [0.2, 0.25) is 0 Å². The topological polar surface area (TPSA) is 25.8 Å². The normalized spacial score (nSPS) is 11.4. The molecular formula is C8H6N2. The van der Waals surface area contributed by atoms with E-state index in [4.69, 9.17) is 1.37 Å². The summed E-state index contributed by atoms with van der Waals surface area (Å²) in [5.41, 5.74) is 1.44. The Hall–Kier alpha value is -1.44. The van der Waals surface area contributed by atoms with Gasteiger partial charge in [-0.25, -0.2) is 0 Å². The van der Waals surface area contributed by atoms with Crippen LogP contribution < -0.4 is 0 Å². The van der Waals surface area contributed by atoms with Crippen LogP contribution in [0.15, 0.2) is 36.6 Å². The molecular weight excluding hydrogens is 124 g/mol. The second kappa shape index (κ2) is 2.06. The molecule has 2 aromatic heterocycles. The molecule has 0 spiro atoms. The molecule has 0 radical (unpaired) electrons. The molecule has 2 nitrogen and oxygen atoms in total. The van der Waals surface area contributed by atoms with E-state index in [0.717, 1.165) is 5.52 Å². The highest BCUT2D eigenvalue weighted by atomic mass is 14.7. The van der Waals surface area contributed by atoms with Crippen LogP contribution in [0.4, 0.5) is 0 Å². The third-order valence-corrected chi connectivity index (χ3v) is 1.29. The average Bonchev–Trinajstić information content (AvgIpc) is 2.06. The summed E-state index contributed by atoms with van der Waals surface area (Å²) in [5.74, 6) is 0. The maximum absolute atomic E-state index is 7.46. The Morgan fingerprint density at radius 1 is 1.10 bits per heavy atom. The zero-order valence-corrected chi connectivity index (χ0v) is 5.28. The minimum absolute atomic E-state index is 0.426. The summed E-state index contributed by atoms with van der Waals surface area (Å²) in [4.78, 5) is 8.09. The van der Waals surface area contributed by atoms with Crippen LogP contribution >= 0.6 is 0 Å². The van der Waals surface area contributed by atoms with Crippen molar-refractivity contribution in [2.75, 3.05) is 0 Å². The van der Waals surface area contributed by atoms with Crippen molar-refractivity contribution in [2.24, 2.45) is 0 Å². The molecule has 0 bridgehead atoms. The summed E-state index contributed by atoms with van der Waals surface area (Å²) in [6, 6.07) is 5.72. The molecule has 48 valence electrons. The fourth-order valence-electron chi connectivity index (χ4n) is 0.846. The van der Waals surface area contributed by atoms with Crippen LogP contribution in [-0.4, -0.2) is 9.97 Å². The molecule has 0 N–H and O–H groups in total. The molecule has 0 saturated carbocycles. The molecule has 2 heterocycles. The lowest BCUT2D eigenvalue weighted by atomic mass is 10.3. The van der Waals surface area contributed by atoms with Gasteiger partial charge >= 0.3 is 0 Å². The molecule has 2 heteroatoms. The van der Waals surface area contributed by atoms with Gasteiger partial charge in [-0.3, -0.25) is 9.97 Å². The van der Waals surface area contributed by atoms with Crippen LogP contribution in [0.25, 0.3) is 11.0 Å². The third kappa shape index (κ3) is 0.739. The predicted octanol–water partition coefficient (Wildman–Crippen LogP) is 1.63. The first-order valence-corrected chi connectivity index (χ1v) is 3.04. The van der Waals surface area contributed by atoms with E-state index in [1.54, 1.807) is 18.5 Å². The number of hydrogen-bond donors (Lipinski definition) is 0. The fraction of sp³-hybridized carbons (Fsp3) is 0. The summed E-state index contributed by atoms with van der Waals surface area (Å²) in [7, 11) is 0. The van der Waals surface area contributed by atoms with E-state index in [9.17, 15) is 0 Å². The molecule has 0 aromatic carbocycles. The standard InChI is InChI=1S/C8H6N2/c1-3-7-8(9-5-1)4-2-6-10-7/h1-6H/i3D. The Labute approximate surface area is 60.0 Å². The first kappa shape index (κ1) is 4.39. The van der Waals surface area contributed by atoms with Crippen molar-refractivity contribution in [1.29, 1.82) is 0 Å². The molecule has 0 fully saturated rings. The largest absolute Gasteiger partial charge is 0.255 e. The van der Waals surface area contributed by atoms with Gasteiger partial charge < -0.3 is 0 Å². The lowest BCUT2D eigenvalue weighted by Crippen LogP contribution is -1.78. The van der Waals surface area contributed by atoms with Crippen molar-refractivity contribution >= 4 is 11.0 Å². The van der Waals surface area contributed by atoms with E-state index in [1.807, 2.05) is 12.1 Å². The van der Waals surface area contributed by atoms with E-state index in [2.05, 4.69) is 9.97 Å². The number of rotatable bonds is 0. The van der Waals surface area contributed by atoms with Gasteiger partial charge in [-0.15, -0.1) is 0 Å². The van der Waals surface area contributed by atoms with Gasteiger partial charge in [0, 0.05) is 12.4 Å². The van der Waals surface area contributed by atoms with Crippen LogP contribution in [0.3, 0.4) is 0 Å². The minimum Gasteiger partial charge on any atom is -0.255 e. The van der Waals surface area contributed by atoms with Crippen molar-refractivity contribution < 1.29 is 1.37 Å². The molecule has 0 aliphatic carbocycles. The Morgan fingerprint density at radius 3 is 2.80 bits per heavy atom. The van der Waals surface area contributed by atoms with Gasteiger partial charge in [0.25, 0.3) is 0 Å². The minimum atomic E-state index is 0.426. The van der Waals surface area contributed by atoms with Crippen molar-refractivity contribution in [3.05, 3.63) is 36.6 Å². The van der Waals surface area contributed by atoms with Crippen LogP contribution in [0.1, 0.15) is 1.37 Å². The highest BCUT2D eigenvalue weighted by Crippen LogP contribution is 2.04. The number of nitrogens with zero attached hydrogens (tertiary/aromatic N) is 2. The van der Waals surface area contributed by atoms with Gasteiger partial charge in [0.15, 0.2) is 0 Å². The molecule has 0 unspecified atom stereocenters. The van der Waals surface area contributed by atoms with Crippen LogP contribution in [0.5, 0.6) is 0 Å². The summed E-state index contributed by atoms with van der Waals surface area (Å²) in [6.45, 7) is 0. The molecule has 2 aromatic rings. The fourth-order valence-corrected chi connectivity index (χ4v) is 0.846. The van der Waals surface area contributed by atoms with E-state index < -0.39 is 0 Å². The maximum atomic E-state index is 7.46. The molecule has 0 aliphatic rings. The van der Waals surface area contributed by atoms with Gasteiger partial charge in [-0.05, 0) is 24.2 Å². The van der Waals surface area contributed by atoms with Gasteiger partial charge in [-0.2, -0.15) is 0 Å². The quantitative estimate of drug-likeness (QED) is 0.543. The van der Waals surface area contributed by atoms with E-state index in [1.165, 1.54) is 0 Å². The predicted molar refractivity (Wildman–Crippen MR) is 39.5 cm³/mol. The Bertz CT molecular complexity index is 381. The van der Waals surface area contributed by atoms with Crippen molar-refractivity contribution in [2.45, 2.75) is 0 Å². The lowest BCUT2D eigenvalue weighted by molar-refractivity contribution is 1.34. The van der Waals surface area contributed by atoms with Crippen molar-refractivity contribution in [3.63, 3.8) is 0 Å².